The monoisotopic (exact) mass is 1790 g/mol. The van der Waals surface area contributed by atoms with Crippen LogP contribution in [0.1, 0.15) is 50.1 Å². The Morgan fingerprint density at radius 3 is 0.532 bits per heavy atom. The van der Waals surface area contributed by atoms with E-state index in [9.17, 15) is 0 Å². The van der Waals surface area contributed by atoms with Gasteiger partial charge in [0, 0.05) is 0 Å². The molecule has 0 bridgehead atoms. The van der Waals surface area contributed by atoms with Crippen LogP contribution in [0.15, 0.2) is 552 Å². The van der Waals surface area contributed by atoms with E-state index in [-0.39, 0.29) is 0 Å². The van der Waals surface area contributed by atoms with Gasteiger partial charge in [0.2, 0.25) is 0 Å². The van der Waals surface area contributed by atoms with Crippen LogP contribution in [0.3, 0.4) is 0 Å². The number of rotatable bonds is 18. The summed E-state index contributed by atoms with van der Waals surface area (Å²) in [4.78, 5) is 0. The highest BCUT2D eigenvalue weighted by Crippen LogP contribution is 2.69. The normalized spacial score (nSPS) is 12.5. The highest BCUT2D eigenvalue weighted by atomic mass is 14.6. The Kier molecular flexibility index (Phi) is 20.8. The van der Waals surface area contributed by atoms with E-state index in [0.717, 1.165) is 145 Å². The lowest BCUT2D eigenvalue weighted by Crippen LogP contribution is -2.29. The van der Waals surface area contributed by atoms with Crippen molar-refractivity contribution in [2.24, 2.45) is 0 Å². The van der Waals surface area contributed by atoms with Crippen LogP contribution in [0.2, 0.25) is 0 Å². The first-order chi connectivity index (χ1) is 69.7. The first-order valence-corrected chi connectivity index (χ1v) is 49.1. The molecular weight excluding hydrogens is 1690 g/mol. The molecule has 0 fully saturated rings. The fourth-order valence-corrected chi connectivity index (χ4v) is 23.3. The third-order valence-electron chi connectivity index (χ3n) is 29.9. The molecule has 0 saturated heterocycles. The Morgan fingerprint density at radius 2 is 0.277 bits per heavy atom. The molecule has 0 unspecified atom stereocenters. The molecule has 0 radical (unpaired) electrons. The maximum absolute atomic E-state index is 2.60. The number of hydrogen-bond acceptors (Lipinski definition) is 0. The third-order valence-corrected chi connectivity index (χ3v) is 29.9. The molecule has 3 aliphatic rings. The van der Waals surface area contributed by atoms with Crippen molar-refractivity contribution >= 4 is 0 Å². The molecule has 23 aromatic rings. The van der Waals surface area contributed by atoms with Crippen LogP contribution < -0.4 is 0 Å². The fraction of sp³-hybridized carbons (Fsp3) is 0.0213. The zero-order valence-corrected chi connectivity index (χ0v) is 78.0. The van der Waals surface area contributed by atoms with E-state index >= 15 is 0 Å². The first-order valence-electron chi connectivity index (χ1n) is 49.1. The lowest BCUT2D eigenvalue weighted by atomic mass is 9.65. The standard InChI is InChI=1S/C141H94/c1-93-66-67-135-131(70-93)139-136(68-69-137-138(139)130-62-28-31-65-134(130)141(137)132-63-29-26-60-128(132)129-61-27-30-64-133(129)141)140(135,126-89-122(106-56-32-52-102(71-106)118-79-110(94-36-10-2-11-37-94)75-111(80-118)95-38-12-3-13-39-95)87-123(90-126)107-57-33-53-103(72-107)119-81-112(96-40-14-4-15-41-96)76-113(82-119)97-42-16-5-17-43-97)127-91-124(108-58-34-54-104(73-108)120-83-114(98-44-18-6-19-45-98)77-115(84-120)99-46-20-7-21-47-99)88-125(92-127)109-59-35-55-105(74-109)121-85-116(100-48-22-8-23-49-100)78-117(86-121)101-50-24-9-25-51-101/h2-92H,1H3. The van der Waals surface area contributed by atoms with Gasteiger partial charge in [-0.1, -0.05) is 424 Å². The van der Waals surface area contributed by atoms with Crippen LogP contribution in [0, 0.1) is 6.92 Å². The minimum atomic E-state index is -1.09. The van der Waals surface area contributed by atoms with Gasteiger partial charge in [0.05, 0.1) is 10.8 Å². The van der Waals surface area contributed by atoms with Crippen molar-refractivity contribution in [3.8, 4) is 211 Å². The van der Waals surface area contributed by atoms with E-state index in [4.69, 9.17) is 0 Å². The highest BCUT2D eigenvalue weighted by Gasteiger charge is 2.56. The van der Waals surface area contributed by atoms with Crippen molar-refractivity contribution in [3.05, 3.63) is 602 Å². The largest absolute Gasteiger partial charge is 0.0725 e. The molecular formula is C141H94. The molecule has 1 spiro atoms. The molecule has 0 aromatic heterocycles. The van der Waals surface area contributed by atoms with Crippen LogP contribution in [-0.2, 0) is 10.8 Å². The van der Waals surface area contributed by atoms with Crippen molar-refractivity contribution in [1.29, 1.82) is 0 Å². The number of benzene rings is 23. The third kappa shape index (κ3) is 14.8. The second kappa shape index (κ2) is 35.0. The lowest BCUT2D eigenvalue weighted by molar-refractivity contribution is 0.765. The summed E-state index contributed by atoms with van der Waals surface area (Å²) in [5, 5.41) is 0. The van der Waals surface area contributed by atoms with E-state index in [2.05, 4.69) is 559 Å². The van der Waals surface area contributed by atoms with Gasteiger partial charge in [0.25, 0.3) is 0 Å². The summed E-state index contributed by atoms with van der Waals surface area (Å²) in [5.41, 5.74) is 53.4. The van der Waals surface area contributed by atoms with E-state index in [1.165, 1.54) is 117 Å². The molecule has 658 valence electrons. The maximum Gasteiger partial charge on any atom is 0.0725 e. The summed E-state index contributed by atoms with van der Waals surface area (Å²) in [6.45, 7) is 2.30. The zero-order valence-electron chi connectivity index (χ0n) is 78.0. The first kappa shape index (κ1) is 83.6. The van der Waals surface area contributed by atoms with Gasteiger partial charge in [-0.3, -0.25) is 0 Å². The number of fused-ring (bicyclic) bond motifs is 14. The SMILES string of the molecule is Cc1ccc2c(c1)-c1c(ccc3c1-c1ccccc1C31c3ccccc3-c3ccccc31)C2(c1cc(-c2cccc(-c3cc(-c4ccccc4)cc(-c4ccccc4)c3)c2)cc(-c2cccc(-c3cc(-c4ccccc4)cc(-c4ccccc4)c3)c2)c1)c1cc(-c2cccc(-c3cc(-c4ccccc4)cc(-c4ccccc4)c3)c2)cc(-c2cccc(-c3cc(-c4ccccc4)cc(-c4ccccc4)c3)c2)c1. The van der Waals surface area contributed by atoms with Gasteiger partial charge in [0.15, 0.2) is 0 Å². The smallest absolute Gasteiger partial charge is 0.0622 e. The number of aryl methyl sites for hydroxylation is 1. The van der Waals surface area contributed by atoms with Crippen LogP contribution in [0.4, 0.5) is 0 Å². The van der Waals surface area contributed by atoms with Gasteiger partial charge in [0.1, 0.15) is 0 Å². The molecule has 3 aliphatic carbocycles. The van der Waals surface area contributed by atoms with Crippen molar-refractivity contribution in [2.45, 2.75) is 17.8 Å². The van der Waals surface area contributed by atoms with Gasteiger partial charge in [-0.2, -0.15) is 0 Å². The quantitative estimate of drug-likeness (QED) is 0.0803. The summed E-state index contributed by atoms with van der Waals surface area (Å²) in [5.74, 6) is 0. The van der Waals surface area contributed by atoms with Crippen LogP contribution in [0.25, 0.3) is 211 Å². The highest BCUT2D eigenvalue weighted by molar-refractivity contribution is 6.06. The Labute approximate surface area is 825 Å². The van der Waals surface area contributed by atoms with E-state index in [1.807, 2.05) is 0 Å². The molecule has 141 heavy (non-hydrogen) atoms. The molecule has 0 atom stereocenters. The van der Waals surface area contributed by atoms with Gasteiger partial charge < -0.3 is 0 Å². The van der Waals surface area contributed by atoms with Crippen LogP contribution >= 0.6 is 0 Å². The molecule has 0 heterocycles. The average molecular weight is 1790 g/mol. The summed E-state index contributed by atoms with van der Waals surface area (Å²) in [6, 6.07) is 209. The van der Waals surface area contributed by atoms with Gasteiger partial charge in [-0.15, -0.1) is 0 Å². The lowest BCUT2D eigenvalue weighted by Gasteiger charge is -2.36. The Balaban J connectivity index is 0.774. The van der Waals surface area contributed by atoms with Crippen LogP contribution in [-0.4, -0.2) is 0 Å². The van der Waals surface area contributed by atoms with Crippen molar-refractivity contribution < 1.29 is 0 Å². The Bertz CT molecular complexity index is 7750. The summed E-state index contributed by atoms with van der Waals surface area (Å²) < 4.78 is 0. The number of hydrogen-bond donors (Lipinski definition) is 0. The fourth-order valence-electron chi connectivity index (χ4n) is 23.3. The summed E-state index contributed by atoms with van der Waals surface area (Å²) >= 11 is 0. The Morgan fingerprint density at radius 1 is 0.106 bits per heavy atom. The second-order valence-electron chi connectivity index (χ2n) is 38.1. The van der Waals surface area contributed by atoms with E-state index < -0.39 is 10.8 Å². The van der Waals surface area contributed by atoms with Crippen molar-refractivity contribution in [3.63, 3.8) is 0 Å². The molecule has 0 nitrogen and oxygen atoms in total. The molecule has 0 amide bonds. The maximum atomic E-state index is 2.60. The summed E-state index contributed by atoms with van der Waals surface area (Å²) in [6.07, 6.45) is 0. The Hall–Kier alpha value is -17.9. The minimum absolute atomic E-state index is 0.633. The second-order valence-corrected chi connectivity index (χ2v) is 38.1. The van der Waals surface area contributed by atoms with Gasteiger partial charge in [-0.25, -0.2) is 0 Å². The molecule has 26 rings (SSSR count). The van der Waals surface area contributed by atoms with E-state index in [0.29, 0.717) is 0 Å². The van der Waals surface area contributed by atoms with Crippen LogP contribution in [0.5, 0.6) is 0 Å². The van der Waals surface area contributed by atoms with E-state index in [1.54, 1.807) is 0 Å². The molecule has 23 aromatic carbocycles. The summed E-state index contributed by atoms with van der Waals surface area (Å²) in [7, 11) is 0. The predicted molar refractivity (Wildman–Crippen MR) is 592 cm³/mol. The topological polar surface area (TPSA) is 0 Å². The minimum Gasteiger partial charge on any atom is -0.0622 e. The predicted octanol–water partition coefficient (Wildman–Crippen LogP) is 37.4. The van der Waals surface area contributed by atoms with Crippen molar-refractivity contribution in [2.75, 3.05) is 0 Å². The molecule has 0 heteroatoms. The van der Waals surface area contributed by atoms with Gasteiger partial charge >= 0.3 is 0 Å². The molecule has 0 N–H and O–H groups in total. The average Bonchev–Trinajstić information content (AvgIpc) is 1.48. The molecule has 0 saturated carbocycles. The van der Waals surface area contributed by atoms with Gasteiger partial charge in [-0.05, 0) is 396 Å². The van der Waals surface area contributed by atoms with Crippen molar-refractivity contribution in [1.82, 2.24) is 0 Å². The zero-order chi connectivity index (χ0) is 93.5. The molecule has 0 aliphatic heterocycles.